The highest BCUT2D eigenvalue weighted by molar-refractivity contribution is 6.46. The predicted molar refractivity (Wildman–Crippen MR) is 107 cm³/mol. The minimum Gasteiger partial charge on any atom is -0.507 e. The third-order valence-corrected chi connectivity index (χ3v) is 4.87. The summed E-state index contributed by atoms with van der Waals surface area (Å²) in [6.07, 6.45) is 0. The lowest BCUT2D eigenvalue weighted by Gasteiger charge is -2.25. The molecule has 0 bridgehead atoms. The van der Waals surface area contributed by atoms with Gasteiger partial charge in [0.15, 0.2) is 0 Å². The number of rotatable bonds is 7. The Kier molecular flexibility index (Phi) is 6.19. The van der Waals surface area contributed by atoms with E-state index in [0.29, 0.717) is 22.6 Å². The summed E-state index contributed by atoms with van der Waals surface area (Å²) in [6, 6.07) is 13.0. The first-order valence-corrected chi connectivity index (χ1v) is 9.07. The van der Waals surface area contributed by atoms with Crippen LogP contribution in [0.3, 0.4) is 0 Å². The van der Waals surface area contributed by atoms with Crippen LogP contribution in [0.4, 0.5) is 0 Å². The Bertz CT molecular complexity index is 917. The molecule has 1 heterocycles. The molecule has 7 nitrogen and oxygen atoms in total. The van der Waals surface area contributed by atoms with Gasteiger partial charge in [0, 0.05) is 19.2 Å². The fourth-order valence-electron chi connectivity index (χ4n) is 3.34. The Morgan fingerprint density at radius 1 is 0.931 bits per heavy atom. The number of aliphatic hydroxyl groups excluding tert-OH is 1. The molecular formula is C22H23NO6. The molecule has 0 radical (unpaired) electrons. The molecule has 0 aliphatic carbocycles. The smallest absolute Gasteiger partial charge is 0.295 e. The number of Topliss-reactive ketones (excluding diaryl/α,β-unsaturated/α-hetero) is 1. The predicted octanol–water partition coefficient (Wildman–Crippen LogP) is 2.77. The molecule has 1 N–H and O–H groups in total. The number of carbonyl (C=O) groups is 2. The summed E-state index contributed by atoms with van der Waals surface area (Å²) in [5.74, 6) is -0.355. The lowest BCUT2D eigenvalue weighted by Crippen LogP contribution is -2.32. The molecule has 7 heteroatoms. The number of aliphatic hydroxyl groups is 1. The van der Waals surface area contributed by atoms with Crippen LogP contribution < -0.4 is 9.47 Å². The molecule has 1 atom stereocenters. The summed E-state index contributed by atoms with van der Waals surface area (Å²) < 4.78 is 15.4. The second kappa shape index (κ2) is 8.79. The quantitative estimate of drug-likeness (QED) is 0.439. The van der Waals surface area contributed by atoms with Gasteiger partial charge in [-0.25, -0.2) is 0 Å². The molecule has 0 saturated carbocycles. The second-order valence-electron chi connectivity index (χ2n) is 6.49. The van der Waals surface area contributed by atoms with Crippen molar-refractivity contribution in [3.05, 3.63) is 65.2 Å². The van der Waals surface area contributed by atoms with Gasteiger partial charge in [0.05, 0.1) is 32.4 Å². The monoisotopic (exact) mass is 397 g/mol. The van der Waals surface area contributed by atoms with E-state index in [2.05, 4.69) is 0 Å². The number of likely N-dealkylation sites (tertiary alicyclic amines) is 1. The van der Waals surface area contributed by atoms with E-state index in [1.54, 1.807) is 62.8 Å². The summed E-state index contributed by atoms with van der Waals surface area (Å²) in [5.41, 5.74) is 1.16. The maximum atomic E-state index is 12.8. The topological polar surface area (TPSA) is 85.3 Å². The lowest BCUT2D eigenvalue weighted by molar-refractivity contribution is -0.140. The van der Waals surface area contributed by atoms with Crippen molar-refractivity contribution in [3.63, 3.8) is 0 Å². The van der Waals surface area contributed by atoms with E-state index in [1.165, 1.54) is 12.0 Å². The number of carbonyl (C=O) groups excluding carboxylic acids is 2. The molecule has 0 aromatic heterocycles. The third-order valence-electron chi connectivity index (χ3n) is 4.87. The number of ether oxygens (including phenoxy) is 3. The van der Waals surface area contributed by atoms with Crippen LogP contribution in [0, 0.1) is 0 Å². The van der Waals surface area contributed by atoms with E-state index < -0.39 is 17.7 Å². The molecule has 1 saturated heterocycles. The highest BCUT2D eigenvalue weighted by Gasteiger charge is 2.45. The number of nitrogens with zero attached hydrogens (tertiary/aromatic N) is 1. The molecule has 3 rings (SSSR count). The van der Waals surface area contributed by atoms with Crippen LogP contribution in [0.2, 0.25) is 0 Å². The minimum atomic E-state index is -0.727. The van der Waals surface area contributed by atoms with E-state index in [1.807, 2.05) is 0 Å². The summed E-state index contributed by atoms with van der Waals surface area (Å²) in [7, 11) is 4.62. The van der Waals surface area contributed by atoms with Crippen LogP contribution in [0.25, 0.3) is 5.76 Å². The molecule has 1 fully saturated rings. The molecule has 1 amide bonds. The lowest BCUT2D eigenvalue weighted by atomic mass is 9.95. The Balaban J connectivity index is 2.11. The standard InChI is InChI=1S/C22H23NO6/c1-27-13-12-23-19(14-4-8-16(28-2)9-5-14)18(21(25)22(23)26)20(24)15-6-10-17(29-3)11-7-15/h4-11,19,24H,12-13H2,1-3H3/b20-18-. The van der Waals surface area contributed by atoms with Crippen molar-refractivity contribution >= 4 is 17.4 Å². The van der Waals surface area contributed by atoms with Gasteiger partial charge in [-0.2, -0.15) is 0 Å². The van der Waals surface area contributed by atoms with Gasteiger partial charge < -0.3 is 24.2 Å². The second-order valence-corrected chi connectivity index (χ2v) is 6.49. The fraction of sp³-hybridized carbons (Fsp3) is 0.273. The summed E-state index contributed by atoms with van der Waals surface area (Å²) in [4.78, 5) is 26.9. The molecule has 1 unspecified atom stereocenters. The van der Waals surface area contributed by atoms with Crippen molar-refractivity contribution in [1.29, 1.82) is 0 Å². The van der Waals surface area contributed by atoms with Gasteiger partial charge >= 0.3 is 0 Å². The fourth-order valence-corrected chi connectivity index (χ4v) is 3.34. The average molecular weight is 397 g/mol. The Hall–Kier alpha value is -3.32. The van der Waals surface area contributed by atoms with E-state index >= 15 is 0 Å². The molecule has 2 aromatic rings. The zero-order valence-electron chi connectivity index (χ0n) is 16.5. The minimum absolute atomic E-state index is 0.0430. The van der Waals surface area contributed by atoms with E-state index in [-0.39, 0.29) is 24.5 Å². The van der Waals surface area contributed by atoms with Crippen molar-refractivity contribution in [2.24, 2.45) is 0 Å². The zero-order chi connectivity index (χ0) is 21.0. The van der Waals surface area contributed by atoms with Crippen LogP contribution in [0.1, 0.15) is 17.2 Å². The third kappa shape index (κ3) is 3.95. The molecular weight excluding hydrogens is 374 g/mol. The normalized spacial score (nSPS) is 18.2. The van der Waals surface area contributed by atoms with Crippen molar-refractivity contribution < 1.29 is 28.9 Å². The van der Waals surface area contributed by atoms with Gasteiger partial charge in [-0.3, -0.25) is 9.59 Å². The highest BCUT2D eigenvalue weighted by Crippen LogP contribution is 2.39. The van der Waals surface area contributed by atoms with Gasteiger partial charge in [-0.05, 0) is 42.0 Å². The van der Waals surface area contributed by atoms with Crippen LogP contribution in [0.5, 0.6) is 11.5 Å². The highest BCUT2D eigenvalue weighted by atomic mass is 16.5. The van der Waals surface area contributed by atoms with E-state index in [9.17, 15) is 14.7 Å². The maximum absolute atomic E-state index is 12.8. The van der Waals surface area contributed by atoms with Gasteiger partial charge in [0.2, 0.25) is 0 Å². The first kappa shape index (κ1) is 20.4. The Morgan fingerprint density at radius 3 is 2.00 bits per heavy atom. The molecule has 0 spiro atoms. The van der Waals surface area contributed by atoms with Crippen LogP contribution in [-0.4, -0.2) is 56.2 Å². The molecule has 1 aliphatic rings. The van der Waals surface area contributed by atoms with Crippen LogP contribution >= 0.6 is 0 Å². The number of methoxy groups -OCH3 is 3. The SMILES string of the molecule is COCCN1C(=O)C(=O)/C(=C(\O)c2ccc(OC)cc2)C1c1ccc(OC)cc1. The molecule has 152 valence electrons. The van der Waals surface area contributed by atoms with Gasteiger partial charge in [0.1, 0.15) is 17.3 Å². The summed E-state index contributed by atoms with van der Waals surface area (Å²) in [6.45, 7) is 0.486. The average Bonchev–Trinajstić information content (AvgIpc) is 3.02. The molecule has 1 aliphatic heterocycles. The van der Waals surface area contributed by atoms with E-state index in [0.717, 1.165) is 0 Å². The number of hydrogen-bond donors (Lipinski definition) is 1. The summed E-state index contributed by atoms with van der Waals surface area (Å²) in [5, 5.41) is 10.9. The van der Waals surface area contributed by atoms with Gasteiger partial charge in [-0.1, -0.05) is 12.1 Å². The van der Waals surface area contributed by atoms with Crippen molar-refractivity contribution in [2.75, 3.05) is 34.5 Å². The van der Waals surface area contributed by atoms with Crippen LogP contribution in [-0.2, 0) is 14.3 Å². The van der Waals surface area contributed by atoms with Crippen LogP contribution in [0.15, 0.2) is 54.1 Å². The van der Waals surface area contributed by atoms with Crippen molar-refractivity contribution in [1.82, 2.24) is 4.90 Å². The molecule has 29 heavy (non-hydrogen) atoms. The Morgan fingerprint density at radius 2 is 1.48 bits per heavy atom. The van der Waals surface area contributed by atoms with Crippen molar-refractivity contribution in [2.45, 2.75) is 6.04 Å². The number of benzene rings is 2. The van der Waals surface area contributed by atoms with Gasteiger partial charge in [-0.15, -0.1) is 0 Å². The van der Waals surface area contributed by atoms with Gasteiger partial charge in [0.25, 0.3) is 11.7 Å². The number of amides is 1. The number of hydrogen-bond acceptors (Lipinski definition) is 6. The maximum Gasteiger partial charge on any atom is 0.295 e. The summed E-state index contributed by atoms with van der Waals surface area (Å²) >= 11 is 0. The zero-order valence-corrected chi connectivity index (χ0v) is 16.5. The van der Waals surface area contributed by atoms with Crippen molar-refractivity contribution in [3.8, 4) is 11.5 Å². The number of ketones is 1. The first-order valence-electron chi connectivity index (χ1n) is 9.07. The Labute approximate surface area is 169 Å². The molecule has 2 aromatic carbocycles. The first-order chi connectivity index (χ1) is 14.0. The van der Waals surface area contributed by atoms with E-state index in [4.69, 9.17) is 14.2 Å². The largest absolute Gasteiger partial charge is 0.507 e.